The Morgan fingerprint density at radius 3 is 2.58 bits per heavy atom. The summed E-state index contributed by atoms with van der Waals surface area (Å²) in [6, 6.07) is 0.327. The summed E-state index contributed by atoms with van der Waals surface area (Å²) >= 11 is 0. The number of carbonyl (C=O) groups excluding carboxylic acids is 1. The second kappa shape index (κ2) is 3.73. The lowest BCUT2D eigenvalue weighted by Gasteiger charge is -2.33. The average Bonchev–Trinajstić information content (AvgIpc) is 2.01. The molecule has 0 aliphatic carbocycles. The van der Waals surface area contributed by atoms with E-state index >= 15 is 0 Å². The van der Waals surface area contributed by atoms with Crippen LogP contribution in [0, 0.1) is 17.8 Å². The van der Waals surface area contributed by atoms with E-state index < -0.39 is 0 Å². The molecule has 0 aromatic heterocycles. The van der Waals surface area contributed by atoms with E-state index in [-0.39, 0.29) is 11.7 Å². The Bertz CT molecular complexity index is 234. The molecule has 1 unspecified atom stereocenters. The molecule has 0 aromatic carbocycles. The zero-order valence-electron chi connectivity index (χ0n) is 7.92. The first-order chi connectivity index (χ1) is 5.61. The topological polar surface area (TPSA) is 20.3 Å². The Labute approximate surface area is 73.9 Å². The quantitative estimate of drug-likeness (QED) is 0.425. The fourth-order valence-electron chi connectivity index (χ4n) is 0.998. The van der Waals surface area contributed by atoms with Gasteiger partial charge >= 0.3 is 0 Å². The van der Waals surface area contributed by atoms with Crippen molar-refractivity contribution in [2.24, 2.45) is 5.92 Å². The Balaban J connectivity index is 2.42. The molecule has 0 N–H and O–H groups in total. The van der Waals surface area contributed by atoms with Crippen LogP contribution in [-0.2, 0) is 4.79 Å². The van der Waals surface area contributed by atoms with E-state index in [2.05, 4.69) is 16.7 Å². The van der Waals surface area contributed by atoms with Crippen molar-refractivity contribution in [3.63, 3.8) is 0 Å². The lowest BCUT2D eigenvalue weighted by molar-refractivity contribution is -0.116. The lowest BCUT2D eigenvalue weighted by Crippen LogP contribution is -2.43. The summed E-state index contributed by atoms with van der Waals surface area (Å²) in [5.41, 5.74) is 0. The standard InChI is InChI=1S/C10H15NO/c1-8(2)10(12)5-4-9-6-7-11(9)3/h8-9H,6-7H2,1-3H3. The molecule has 66 valence electrons. The molecule has 12 heavy (non-hydrogen) atoms. The van der Waals surface area contributed by atoms with Crippen molar-refractivity contribution in [1.82, 2.24) is 4.90 Å². The van der Waals surface area contributed by atoms with Gasteiger partial charge in [0.2, 0.25) is 5.78 Å². The van der Waals surface area contributed by atoms with Gasteiger partial charge in [0.05, 0.1) is 6.04 Å². The third kappa shape index (κ3) is 2.09. The molecule has 1 aliphatic heterocycles. The highest BCUT2D eigenvalue weighted by atomic mass is 16.1. The Morgan fingerprint density at radius 1 is 1.58 bits per heavy atom. The summed E-state index contributed by atoms with van der Waals surface area (Å²) in [4.78, 5) is 13.3. The number of ketones is 1. The normalized spacial score (nSPS) is 22.8. The van der Waals surface area contributed by atoms with Gasteiger partial charge in [-0.3, -0.25) is 9.69 Å². The maximum atomic E-state index is 11.1. The highest BCUT2D eigenvalue weighted by Crippen LogP contribution is 2.12. The molecule has 1 saturated heterocycles. The second-order valence-corrected chi connectivity index (χ2v) is 3.57. The maximum Gasteiger partial charge on any atom is 0.208 e. The fraction of sp³-hybridized carbons (Fsp3) is 0.700. The third-order valence-electron chi connectivity index (χ3n) is 2.17. The van der Waals surface area contributed by atoms with E-state index in [1.807, 2.05) is 20.9 Å². The van der Waals surface area contributed by atoms with Gasteiger partial charge in [0.25, 0.3) is 0 Å². The Morgan fingerprint density at radius 2 is 2.25 bits per heavy atom. The van der Waals surface area contributed by atoms with Crippen molar-refractivity contribution in [2.75, 3.05) is 13.6 Å². The molecule has 0 radical (unpaired) electrons. The molecule has 2 nitrogen and oxygen atoms in total. The van der Waals surface area contributed by atoms with Crippen LogP contribution in [0.4, 0.5) is 0 Å². The first-order valence-corrected chi connectivity index (χ1v) is 4.37. The molecular formula is C10H15NO. The van der Waals surface area contributed by atoms with Crippen molar-refractivity contribution in [2.45, 2.75) is 26.3 Å². The zero-order chi connectivity index (χ0) is 9.14. The van der Waals surface area contributed by atoms with E-state index in [0.717, 1.165) is 13.0 Å². The van der Waals surface area contributed by atoms with Crippen LogP contribution in [-0.4, -0.2) is 30.3 Å². The molecule has 1 rings (SSSR count). The van der Waals surface area contributed by atoms with Gasteiger partial charge in [-0.2, -0.15) is 0 Å². The summed E-state index contributed by atoms with van der Waals surface area (Å²) in [5, 5.41) is 0. The van der Waals surface area contributed by atoms with Crippen molar-refractivity contribution in [1.29, 1.82) is 0 Å². The van der Waals surface area contributed by atoms with Gasteiger partial charge < -0.3 is 0 Å². The third-order valence-corrected chi connectivity index (χ3v) is 2.17. The largest absolute Gasteiger partial charge is 0.293 e. The number of rotatable bonds is 1. The average molecular weight is 165 g/mol. The first kappa shape index (κ1) is 9.28. The summed E-state index contributed by atoms with van der Waals surface area (Å²) < 4.78 is 0. The van der Waals surface area contributed by atoms with Crippen LogP contribution < -0.4 is 0 Å². The second-order valence-electron chi connectivity index (χ2n) is 3.57. The summed E-state index contributed by atoms with van der Waals surface area (Å²) in [5.74, 6) is 5.76. The molecule has 2 heteroatoms. The van der Waals surface area contributed by atoms with E-state index in [1.165, 1.54) is 0 Å². The summed E-state index contributed by atoms with van der Waals surface area (Å²) in [6.07, 6.45) is 1.11. The van der Waals surface area contributed by atoms with Crippen molar-refractivity contribution in [3.8, 4) is 11.8 Å². The molecule has 0 aromatic rings. The minimum atomic E-state index is 0.0443. The van der Waals surface area contributed by atoms with Gasteiger partial charge in [0, 0.05) is 12.5 Å². The Kier molecular flexibility index (Phi) is 2.88. The highest BCUT2D eigenvalue weighted by molar-refractivity contribution is 5.96. The van der Waals surface area contributed by atoms with Crippen LogP contribution in [0.5, 0.6) is 0 Å². The van der Waals surface area contributed by atoms with Crippen LogP contribution >= 0.6 is 0 Å². The predicted molar refractivity (Wildman–Crippen MR) is 48.7 cm³/mol. The SMILES string of the molecule is CC(C)C(=O)C#CC1CCN1C. The monoisotopic (exact) mass is 165 g/mol. The number of hydrogen-bond donors (Lipinski definition) is 0. The molecular weight excluding hydrogens is 150 g/mol. The lowest BCUT2D eigenvalue weighted by atomic mass is 10.0. The predicted octanol–water partition coefficient (Wildman–Crippen LogP) is 0.919. The van der Waals surface area contributed by atoms with Gasteiger partial charge in [0.1, 0.15) is 0 Å². The molecule has 1 atom stereocenters. The summed E-state index contributed by atoms with van der Waals surface area (Å²) in [6.45, 7) is 4.86. The molecule has 0 amide bonds. The minimum Gasteiger partial charge on any atom is -0.293 e. The molecule has 1 fully saturated rings. The smallest absolute Gasteiger partial charge is 0.208 e. The molecule has 0 bridgehead atoms. The van der Waals surface area contributed by atoms with Gasteiger partial charge in [-0.15, -0.1) is 0 Å². The van der Waals surface area contributed by atoms with Crippen molar-refractivity contribution in [3.05, 3.63) is 0 Å². The van der Waals surface area contributed by atoms with Crippen LogP contribution in [0.25, 0.3) is 0 Å². The van der Waals surface area contributed by atoms with E-state index in [1.54, 1.807) is 0 Å². The minimum absolute atomic E-state index is 0.0443. The number of hydrogen-bond acceptors (Lipinski definition) is 2. The highest BCUT2D eigenvalue weighted by Gasteiger charge is 2.21. The first-order valence-electron chi connectivity index (χ1n) is 4.37. The van der Waals surface area contributed by atoms with Gasteiger partial charge in [-0.05, 0) is 19.4 Å². The van der Waals surface area contributed by atoms with Gasteiger partial charge in [0.15, 0.2) is 0 Å². The van der Waals surface area contributed by atoms with Crippen molar-refractivity contribution >= 4 is 5.78 Å². The fourth-order valence-corrected chi connectivity index (χ4v) is 0.998. The molecule has 0 saturated carbocycles. The number of Topliss-reactive ketones (excluding diaryl/α,β-unsaturated/α-hetero) is 1. The van der Waals surface area contributed by atoms with Crippen molar-refractivity contribution < 1.29 is 4.79 Å². The molecule has 1 aliphatic rings. The molecule has 1 heterocycles. The van der Waals surface area contributed by atoms with E-state index in [9.17, 15) is 4.79 Å². The van der Waals surface area contributed by atoms with E-state index in [4.69, 9.17) is 0 Å². The van der Waals surface area contributed by atoms with Gasteiger partial charge in [-0.1, -0.05) is 19.8 Å². The maximum absolute atomic E-state index is 11.1. The summed E-state index contributed by atoms with van der Waals surface area (Å²) in [7, 11) is 2.03. The number of nitrogens with zero attached hydrogens (tertiary/aromatic N) is 1. The van der Waals surface area contributed by atoms with Crippen LogP contribution in [0.15, 0.2) is 0 Å². The van der Waals surface area contributed by atoms with Crippen LogP contribution in [0.3, 0.4) is 0 Å². The number of likely N-dealkylation sites (tertiary alicyclic amines) is 1. The molecule has 0 spiro atoms. The Hall–Kier alpha value is -0.810. The van der Waals surface area contributed by atoms with Gasteiger partial charge in [-0.25, -0.2) is 0 Å². The zero-order valence-corrected chi connectivity index (χ0v) is 7.92. The number of carbonyl (C=O) groups is 1. The van der Waals surface area contributed by atoms with Crippen LogP contribution in [0.2, 0.25) is 0 Å². The van der Waals surface area contributed by atoms with E-state index in [0.29, 0.717) is 6.04 Å². The van der Waals surface area contributed by atoms with Crippen LogP contribution in [0.1, 0.15) is 20.3 Å².